The Morgan fingerprint density at radius 1 is 1.00 bits per heavy atom. The molecular weight excluding hydrogens is 449 g/mol. The zero-order valence-electron chi connectivity index (χ0n) is 21.3. The Bertz CT molecular complexity index is 968. The number of piperazine rings is 1. The zero-order valence-corrected chi connectivity index (χ0v) is 22.3. The second-order valence-corrected chi connectivity index (χ2v) is 15.6. The Morgan fingerprint density at radius 2 is 1.62 bits per heavy atom. The Hall–Kier alpha value is -2.23. The highest BCUT2D eigenvalue weighted by Crippen LogP contribution is 2.37. The molecule has 2 fully saturated rings. The normalized spacial score (nSPS) is 17.8. The second kappa shape index (κ2) is 9.79. The van der Waals surface area contributed by atoms with Crippen molar-refractivity contribution in [3.05, 3.63) is 42.0 Å². The molecule has 1 aromatic carbocycles. The topological polar surface area (TPSA) is 54.0 Å². The highest BCUT2D eigenvalue weighted by Gasteiger charge is 2.37. The van der Waals surface area contributed by atoms with Gasteiger partial charge in [0.05, 0.1) is 36.5 Å². The van der Waals surface area contributed by atoms with E-state index in [2.05, 4.69) is 58.5 Å². The summed E-state index contributed by atoms with van der Waals surface area (Å²) in [5.74, 6) is 0.559. The summed E-state index contributed by atoms with van der Waals surface area (Å²) in [6.07, 6.45) is 4.06. The van der Waals surface area contributed by atoms with E-state index in [1.807, 2.05) is 30.6 Å². The van der Waals surface area contributed by atoms with Gasteiger partial charge in [-0.1, -0.05) is 32.9 Å². The van der Waals surface area contributed by atoms with Gasteiger partial charge in [0.1, 0.15) is 0 Å². The van der Waals surface area contributed by atoms with Gasteiger partial charge in [0.2, 0.25) is 5.95 Å². The van der Waals surface area contributed by atoms with E-state index >= 15 is 4.39 Å². The Kier molecular flexibility index (Phi) is 7.16. The molecule has 0 unspecified atom stereocenters. The number of halogens is 1. The summed E-state index contributed by atoms with van der Waals surface area (Å²) in [6, 6.07) is 5.64. The number of aromatic nitrogens is 2. The first-order chi connectivity index (χ1) is 16.1. The molecule has 0 N–H and O–H groups in total. The van der Waals surface area contributed by atoms with E-state index in [1.165, 1.54) is 0 Å². The summed E-state index contributed by atoms with van der Waals surface area (Å²) in [6.45, 7) is 16.0. The summed E-state index contributed by atoms with van der Waals surface area (Å²) < 4.78 is 27.0. The van der Waals surface area contributed by atoms with E-state index in [9.17, 15) is 0 Å². The maximum absolute atomic E-state index is 15.4. The quantitative estimate of drug-likeness (QED) is 0.540. The molecule has 2 aromatic rings. The predicted octanol–water partition coefficient (Wildman–Crippen LogP) is 4.30. The van der Waals surface area contributed by atoms with Gasteiger partial charge < -0.3 is 23.9 Å². The number of nitrogens with zero attached hydrogens (tertiary/aromatic N) is 5. The average molecular weight is 488 g/mol. The summed E-state index contributed by atoms with van der Waals surface area (Å²) in [5.41, 5.74) is 2.30. The fourth-order valence-corrected chi connectivity index (χ4v) is 4.93. The third kappa shape index (κ3) is 5.21. The highest BCUT2D eigenvalue weighted by atomic mass is 28.4. The largest absolute Gasteiger partial charge is 0.412 e. The number of rotatable bonds is 7. The molecule has 3 heterocycles. The molecule has 34 heavy (non-hydrogen) atoms. The lowest BCUT2D eigenvalue weighted by Gasteiger charge is -2.40. The van der Waals surface area contributed by atoms with Crippen molar-refractivity contribution in [2.45, 2.75) is 51.6 Å². The number of benzene rings is 1. The van der Waals surface area contributed by atoms with Gasteiger partial charge in [0.15, 0.2) is 14.1 Å². The van der Waals surface area contributed by atoms with Crippen LogP contribution in [0.3, 0.4) is 0 Å². The number of hydrogen-bond acceptors (Lipinski definition) is 7. The van der Waals surface area contributed by atoms with E-state index in [-0.39, 0.29) is 10.9 Å². The highest BCUT2D eigenvalue weighted by molar-refractivity contribution is 6.74. The van der Waals surface area contributed by atoms with Crippen LogP contribution in [0.2, 0.25) is 18.1 Å². The van der Waals surface area contributed by atoms with Gasteiger partial charge >= 0.3 is 0 Å². The molecule has 0 radical (unpaired) electrons. The predicted molar refractivity (Wildman–Crippen MR) is 138 cm³/mol. The van der Waals surface area contributed by atoms with Crippen molar-refractivity contribution >= 4 is 25.6 Å². The van der Waals surface area contributed by atoms with Crippen LogP contribution >= 0.6 is 0 Å². The van der Waals surface area contributed by atoms with Crippen molar-refractivity contribution in [1.29, 1.82) is 0 Å². The third-order valence-electron chi connectivity index (χ3n) is 7.53. The number of hydrogen-bond donors (Lipinski definition) is 0. The van der Waals surface area contributed by atoms with Gasteiger partial charge in [0.25, 0.3) is 0 Å². The number of methoxy groups -OCH3 is 1. The lowest BCUT2D eigenvalue weighted by Crippen LogP contribution is -2.52. The third-order valence-corrected chi connectivity index (χ3v) is 12.0. The molecule has 9 heteroatoms. The lowest BCUT2D eigenvalue weighted by molar-refractivity contribution is 0.0787. The Balaban J connectivity index is 1.35. The maximum Gasteiger partial charge on any atom is 0.225 e. The van der Waals surface area contributed by atoms with E-state index in [0.717, 1.165) is 50.9 Å². The van der Waals surface area contributed by atoms with Crippen molar-refractivity contribution in [3.8, 4) is 0 Å². The molecule has 0 aliphatic carbocycles. The van der Waals surface area contributed by atoms with Crippen LogP contribution in [-0.4, -0.2) is 70.8 Å². The van der Waals surface area contributed by atoms with Gasteiger partial charge in [-0.15, -0.1) is 0 Å². The SMILES string of the molecule is COC1CN(c2cnc(N3CCN(c4cccc(CO[Si](C)(C)C(C)(C)C)c4F)CC3)nc2)C1. The minimum absolute atomic E-state index is 0.0965. The van der Waals surface area contributed by atoms with Gasteiger partial charge in [-0.2, -0.15) is 0 Å². The molecule has 2 aliphatic rings. The van der Waals surface area contributed by atoms with Gasteiger partial charge in [0, 0.05) is 51.9 Å². The number of anilines is 3. The second-order valence-electron chi connectivity index (χ2n) is 10.8. The van der Waals surface area contributed by atoms with Crippen LogP contribution < -0.4 is 14.7 Å². The molecule has 0 saturated carbocycles. The van der Waals surface area contributed by atoms with E-state index < -0.39 is 8.32 Å². The smallest absolute Gasteiger partial charge is 0.225 e. The van der Waals surface area contributed by atoms with E-state index in [0.29, 0.717) is 24.0 Å². The number of ether oxygens (including phenoxy) is 1. The summed E-state index contributed by atoms with van der Waals surface area (Å²) in [7, 11) is -0.197. The first-order valence-corrected chi connectivity index (χ1v) is 15.0. The van der Waals surface area contributed by atoms with Crippen LogP contribution in [0.25, 0.3) is 0 Å². The van der Waals surface area contributed by atoms with Crippen molar-refractivity contribution in [2.24, 2.45) is 0 Å². The minimum Gasteiger partial charge on any atom is -0.412 e. The van der Waals surface area contributed by atoms with Crippen LogP contribution in [-0.2, 0) is 15.8 Å². The molecule has 2 saturated heterocycles. The van der Waals surface area contributed by atoms with Crippen LogP contribution in [0.15, 0.2) is 30.6 Å². The molecule has 0 amide bonds. The molecule has 7 nitrogen and oxygen atoms in total. The van der Waals surface area contributed by atoms with Crippen molar-refractivity contribution in [3.63, 3.8) is 0 Å². The monoisotopic (exact) mass is 487 g/mol. The first kappa shape index (κ1) is 24.9. The van der Waals surface area contributed by atoms with Crippen molar-refractivity contribution in [2.75, 3.05) is 61.1 Å². The average Bonchev–Trinajstić information content (AvgIpc) is 2.78. The molecule has 0 bridgehead atoms. The van der Waals surface area contributed by atoms with E-state index in [4.69, 9.17) is 9.16 Å². The van der Waals surface area contributed by atoms with Crippen LogP contribution in [0.5, 0.6) is 0 Å². The standard InChI is InChI=1S/C25H38FN5O2Si/c1-25(2,3)34(5,6)33-18-19-8-7-9-22(23(19)26)29-10-12-30(13-11-29)24-27-14-20(15-28-24)31-16-21(17-31)32-4/h7-9,14-15,21H,10-13,16-18H2,1-6H3. The van der Waals surface area contributed by atoms with Crippen LogP contribution in [0.1, 0.15) is 26.3 Å². The molecule has 4 rings (SSSR count). The summed E-state index contributed by atoms with van der Waals surface area (Å²) in [4.78, 5) is 15.6. The zero-order chi connectivity index (χ0) is 24.5. The minimum atomic E-state index is -1.94. The molecule has 186 valence electrons. The molecule has 0 atom stereocenters. The molecular formula is C25H38FN5O2Si. The Labute approximate surface area is 204 Å². The Morgan fingerprint density at radius 3 is 2.21 bits per heavy atom. The fraction of sp³-hybridized carbons (Fsp3) is 0.600. The maximum atomic E-state index is 15.4. The van der Waals surface area contributed by atoms with Crippen LogP contribution in [0.4, 0.5) is 21.7 Å². The lowest BCUT2D eigenvalue weighted by atomic mass is 10.1. The fourth-order valence-electron chi connectivity index (χ4n) is 3.98. The van der Waals surface area contributed by atoms with Gasteiger partial charge in [-0.05, 0) is 24.2 Å². The summed E-state index contributed by atoms with van der Waals surface area (Å²) >= 11 is 0. The van der Waals surface area contributed by atoms with Gasteiger partial charge in [-0.3, -0.25) is 0 Å². The van der Waals surface area contributed by atoms with Crippen molar-refractivity contribution < 1.29 is 13.6 Å². The molecule has 1 aromatic heterocycles. The van der Waals surface area contributed by atoms with E-state index in [1.54, 1.807) is 7.11 Å². The molecule has 0 spiro atoms. The first-order valence-electron chi connectivity index (χ1n) is 12.1. The summed E-state index contributed by atoms with van der Waals surface area (Å²) in [5, 5.41) is 0.0965. The van der Waals surface area contributed by atoms with Gasteiger partial charge in [-0.25, -0.2) is 14.4 Å². The molecule has 2 aliphatic heterocycles. The van der Waals surface area contributed by atoms with Crippen LogP contribution in [0, 0.1) is 5.82 Å². The van der Waals surface area contributed by atoms with Crippen molar-refractivity contribution in [1.82, 2.24) is 9.97 Å².